The van der Waals surface area contributed by atoms with Gasteiger partial charge in [-0.1, -0.05) is 36.4 Å². The van der Waals surface area contributed by atoms with Gasteiger partial charge in [0, 0.05) is 41.9 Å². The molecule has 7 heteroatoms. The molecule has 136 valence electrons. The van der Waals surface area contributed by atoms with Crippen LogP contribution in [0, 0.1) is 0 Å². The van der Waals surface area contributed by atoms with E-state index in [0.29, 0.717) is 17.4 Å². The van der Waals surface area contributed by atoms with E-state index in [0.717, 1.165) is 29.4 Å². The van der Waals surface area contributed by atoms with Crippen LogP contribution in [0.25, 0.3) is 10.8 Å². The molecule has 0 aliphatic heterocycles. The number of amides is 1. The van der Waals surface area contributed by atoms with Crippen LogP contribution in [-0.2, 0) is 6.54 Å². The minimum Gasteiger partial charge on any atom is -0.351 e. The van der Waals surface area contributed by atoms with E-state index in [1.807, 2.05) is 35.0 Å². The number of carbonyl (C=O) groups is 1. The molecule has 0 aliphatic rings. The summed E-state index contributed by atoms with van der Waals surface area (Å²) in [5.74, 6) is -0.150. The van der Waals surface area contributed by atoms with Crippen LogP contribution in [0.5, 0.6) is 0 Å². The number of nitrogens with zero attached hydrogens (tertiary/aromatic N) is 3. The van der Waals surface area contributed by atoms with Gasteiger partial charge in [0.05, 0.1) is 6.33 Å². The molecule has 27 heavy (non-hydrogen) atoms. The van der Waals surface area contributed by atoms with Gasteiger partial charge in [0.25, 0.3) is 5.91 Å². The molecule has 0 atom stereocenters. The van der Waals surface area contributed by atoms with Crippen molar-refractivity contribution >= 4 is 38.8 Å². The predicted octanol–water partition coefficient (Wildman–Crippen LogP) is 4.06. The Morgan fingerprint density at radius 2 is 2.04 bits per heavy atom. The lowest BCUT2D eigenvalue weighted by Crippen LogP contribution is -2.25. The highest BCUT2D eigenvalue weighted by Gasteiger charge is 2.11. The molecule has 2 aromatic heterocycles. The summed E-state index contributed by atoms with van der Waals surface area (Å²) in [6.45, 7) is 1.42. The second-order valence-electron chi connectivity index (χ2n) is 6.10. The van der Waals surface area contributed by atoms with E-state index in [9.17, 15) is 4.79 Å². The minimum absolute atomic E-state index is 0.150. The van der Waals surface area contributed by atoms with Crippen LogP contribution < -0.4 is 10.6 Å². The summed E-state index contributed by atoms with van der Waals surface area (Å²) in [4.78, 5) is 20.7. The number of fused-ring (bicyclic) bond motifs is 1. The molecule has 1 amide bonds. The highest BCUT2D eigenvalue weighted by atomic mass is 32.1. The predicted molar refractivity (Wildman–Crippen MR) is 109 cm³/mol. The van der Waals surface area contributed by atoms with Gasteiger partial charge in [0.1, 0.15) is 5.69 Å². The lowest BCUT2D eigenvalue weighted by atomic mass is 10.1. The summed E-state index contributed by atoms with van der Waals surface area (Å²) < 4.78 is 1.99. The van der Waals surface area contributed by atoms with E-state index in [2.05, 4.69) is 38.8 Å². The zero-order valence-corrected chi connectivity index (χ0v) is 15.4. The third-order valence-corrected chi connectivity index (χ3v) is 4.96. The van der Waals surface area contributed by atoms with Gasteiger partial charge in [-0.15, -0.1) is 11.3 Å². The van der Waals surface area contributed by atoms with Gasteiger partial charge in [-0.05, 0) is 17.9 Å². The fourth-order valence-electron chi connectivity index (χ4n) is 2.86. The normalized spacial score (nSPS) is 10.8. The molecule has 0 radical (unpaired) electrons. The SMILES string of the molecule is O=C(NCCCn1ccnc1)c1csc(Nc2cccc3ccccc23)n1. The first kappa shape index (κ1) is 17.2. The van der Waals surface area contributed by atoms with Crippen molar-refractivity contribution in [1.29, 1.82) is 0 Å². The van der Waals surface area contributed by atoms with Crippen LogP contribution >= 0.6 is 11.3 Å². The van der Waals surface area contributed by atoms with Crippen molar-refractivity contribution in [2.75, 3.05) is 11.9 Å². The molecule has 0 spiro atoms. The monoisotopic (exact) mass is 377 g/mol. The van der Waals surface area contributed by atoms with Gasteiger partial charge in [-0.3, -0.25) is 4.79 Å². The van der Waals surface area contributed by atoms with Crippen molar-refractivity contribution in [3.8, 4) is 0 Å². The first-order chi connectivity index (χ1) is 13.3. The standard InChI is InChI=1S/C20H19N5OS/c26-19(22-9-4-11-25-12-10-21-14-25)18-13-27-20(24-18)23-17-8-3-6-15-5-1-2-7-16(15)17/h1-3,5-8,10,12-14H,4,9,11H2,(H,22,26)(H,23,24). The topological polar surface area (TPSA) is 71.8 Å². The number of hydrogen-bond acceptors (Lipinski definition) is 5. The maximum atomic E-state index is 12.3. The Morgan fingerprint density at radius 1 is 1.15 bits per heavy atom. The fraction of sp³-hybridized carbons (Fsp3) is 0.150. The minimum atomic E-state index is -0.150. The molecule has 0 saturated heterocycles. The zero-order chi connectivity index (χ0) is 18.5. The largest absolute Gasteiger partial charge is 0.351 e. The number of rotatable bonds is 7. The number of nitrogens with one attached hydrogen (secondary N) is 2. The fourth-order valence-corrected chi connectivity index (χ4v) is 3.56. The molecule has 0 bridgehead atoms. The van der Waals surface area contributed by atoms with Gasteiger partial charge in [0.15, 0.2) is 5.13 Å². The van der Waals surface area contributed by atoms with Crippen LogP contribution in [0.4, 0.5) is 10.8 Å². The number of aryl methyl sites for hydroxylation is 1. The van der Waals surface area contributed by atoms with E-state index in [-0.39, 0.29) is 5.91 Å². The van der Waals surface area contributed by atoms with Gasteiger partial charge < -0.3 is 15.2 Å². The zero-order valence-electron chi connectivity index (χ0n) is 14.6. The van der Waals surface area contributed by atoms with Crippen LogP contribution in [0.2, 0.25) is 0 Å². The Labute approximate surface area is 160 Å². The number of anilines is 2. The molecule has 4 aromatic rings. The molecule has 2 aromatic carbocycles. The Morgan fingerprint density at radius 3 is 2.93 bits per heavy atom. The Hall–Kier alpha value is -3.19. The molecular weight excluding hydrogens is 358 g/mol. The number of carbonyl (C=O) groups excluding carboxylic acids is 1. The molecule has 6 nitrogen and oxygen atoms in total. The average molecular weight is 377 g/mol. The van der Waals surface area contributed by atoms with Crippen LogP contribution in [0.3, 0.4) is 0 Å². The van der Waals surface area contributed by atoms with E-state index >= 15 is 0 Å². The first-order valence-electron chi connectivity index (χ1n) is 8.74. The number of benzene rings is 2. The third kappa shape index (κ3) is 4.15. The van der Waals surface area contributed by atoms with Crippen molar-refractivity contribution in [2.24, 2.45) is 0 Å². The van der Waals surface area contributed by atoms with E-state index in [1.54, 1.807) is 17.9 Å². The molecule has 0 saturated carbocycles. The van der Waals surface area contributed by atoms with Crippen LogP contribution in [0.15, 0.2) is 66.6 Å². The summed E-state index contributed by atoms with van der Waals surface area (Å²) >= 11 is 1.42. The van der Waals surface area contributed by atoms with Crippen molar-refractivity contribution in [3.63, 3.8) is 0 Å². The summed E-state index contributed by atoms with van der Waals surface area (Å²) in [5.41, 5.74) is 1.42. The number of hydrogen-bond donors (Lipinski definition) is 2. The molecule has 2 heterocycles. The quantitative estimate of drug-likeness (QED) is 0.477. The highest BCUT2D eigenvalue weighted by Crippen LogP contribution is 2.27. The second-order valence-corrected chi connectivity index (χ2v) is 6.96. The maximum Gasteiger partial charge on any atom is 0.270 e. The van der Waals surface area contributed by atoms with Gasteiger partial charge in [-0.2, -0.15) is 0 Å². The average Bonchev–Trinajstić information content (AvgIpc) is 3.37. The van der Waals surface area contributed by atoms with Gasteiger partial charge in [0.2, 0.25) is 0 Å². The van der Waals surface area contributed by atoms with E-state index in [4.69, 9.17) is 0 Å². The highest BCUT2D eigenvalue weighted by molar-refractivity contribution is 7.14. The van der Waals surface area contributed by atoms with E-state index in [1.165, 1.54) is 11.3 Å². The second kappa shape index (κ2) is 8.01. The number of thiazole rings is 1. The Kier molecular flexibility index (Phi) is 5.11. The summed E-state index contributed by atoms with van der Waals surface area (Å²) in [6.07, 6.45) is 6.27. The van der Waals surface area contributed by atoms with Crippen molar-refractivity contribution in [3.05, 3.63) is 72.3 Å². The lowest BCUT2D eigenvalue weighted by molar-refractivity contribution is 0.0948. The molecule has 4 rings (SSSR count). The summed E-state index contributed by atoms with van der Waals surface area (Å²) in [5, 5.41) is 11.0. The van der Waals surface area contributed by atoms with Crippen LogP contribution in [0.1, 0.15) is 16.9 Å². The van der Waals surface area contributed by atoms with Gasteiger partial charge in [-0.25, -0.2) is 9.97 Å². The molecule has 0 unspecified atom stereocenters. The third-order valence-electron chi connectivity index (χ3n) is 4.21. The molecular formula is C20H19N5OS. The van der Waals surface area contributed by atoms with Crippen molar-refractivity contribution in [1.82, 2.24) is 19.9 Å². The van der Waals surface area contributed by atoms with E-state index < -0.39 is 0 Å². The molecule has 0 fully saturated rings. The van der Waals surface area contributed by atoms with Gasteiger partial charge >= 0.3 is 0 Å². The maximum absolute atomic E-state index is 12.3. The lowest BCUT2D eigenvalue weighted by Gasteiger charge is -2.07. The Balaban J connectivity index is 1.35. The Bertz CT molecular complexity index is 1040. The first-order valence-corrected chi connectivity index (χ1v) is 9.62. The molecule has 0 aliphatic carbocycles. The van der Waals surface area contributed by atoms with Crippen LogP contribution in [-0.4, -0.2) is 27.0 Å². The summed E-state index contributed by atoms with van der Waals surface area (Å²) in [7, 11) is 0. The smallest absolute Gasteiger partial charge is 0.270 e. The number of aromatic nitrogens is 3. The van der Waals surface area contributed by atoms with Crippen molar-refractivity contribution in [2.45, 2.75) is 13.0 Å². The summed E-state index contributed by atoms with van der Waals surface area (Å²) in [6, 6.07) is 14.3. The number of imidazole rings is 1. The molecule has 2 N–H and O–H groups in total. The van der Waals surface area contributed by atoms with Crippen molar-refractivity contribution < 1.29 is 4.79 Å².